The Kier molecular flexibility index (Phi) is 4.78. The van der Waals surface area contributed by atoms with E-state index in [2.05, 4.69) is 21.2 Å². The van der Waals surface area contributed by atoms with Gasteiger partial charge in [0.15, 0.2) is 5.76 Å². The number of likely N-dealkylation sites (N-methyl/N-ethyl adjacent to an activating group) is 1. The summed E-state index contributed by atoms with van der Waals surface area (Å²) in [6.07, 6.45) is 1.63. The van der Waals surface area contributed by atoms with Gasteiger partial charge in [-0.2, -0.15) is 0 Å². The van der Waals surface area contributed by atoms with Crippen LogP contribution in [-0.2, 0) is 0 Å². The first-order valence-electron chi connectivity index (χ1n) is 7.64. The third-order valence-corrected chi connectivity index (χ3v) is 4.55. The summed E-state index contributed by atoms with van der Waals surface area (Å²) in [6, 6.07) is 9.41. The van der Waals surface area contributed by atoms with Crippen LogP contribution in [-0.4, -0.2) is 31.4 Å². The van der Waals surface area contributed by atoms with Crippen LogP contribution in [0.15, 0.2) is 49.9 Å². The number of halogens is 1. The van der Waals surface area contributed by atoms with E-state index in [-0.39, 0.29) is 11.9 Å². The number of hydrogen-bond donors (Lipinski definition) is 1. The number of fused-ring (bicyclic) bond motifs is 1. The molecule has 0 aliphatic carbocycles. The van der Waals surface area contributed by atoms with Gasteiger partial charge < -0.3 is 14.2 Å². The SMILES string of the molecule is Cc1c(C(=O)NCC(c2ccco2)N(C)C)oc2ccc(Br)cc12. The van der Waals surface area contributed by atoms with Crippen LogP contribution in [0.4, 0.5) is 0 Å². The number of carbonyl (C=O) groups is 1. The molecule has 0 saturated carbocycles. The van der Waals surface area contributed by atoms with Crippen LogP contribution in [0.3, 0.4) is 0 Å². The molecule has 2 aromatic heterocycles. The van der Waals surface area contributed by atoms with Gasteiger partial charge in [0.05, 0.1) is 12.3 Å². The smallest absolute Gasteiger partial charge is 0.287 e. The van der Waals surface area contributed by atoms with Crippen molar-refractivity contribution in [2.75, 3.05) is 20.6 Å². The summed E-state index contributed by atoms with van der Waals surface area (Å²) in [6.45, 7) is 2.32. The fraction of sp³-hybridized carbons (Fsp3) is 0.278. The maximum absolute atomic E-state index is 12.6. The highest BCUT2D eigenvalue weighted by Crippen LogP contribution is 2.28. The van der Waals surface area contributed by atoms with Crippen LogP contribution in [0, 0.1) is 6.92 Å². The topological polar surface area (TPSA) is 58.6 Å². The van der Waals surface area contributed by atoms with E-state index in [1.54, 1.807) is 6.26 Å². The second-order valence-electron chi connectivity index (χ2n) is 5.90. The molecular formula is C18H19BrN2O3. The van der Waals surface area contributed by atoms with E-state index < -0.39 is 0 Å². The second-order valence-corrected chi connectivity index (χ2v) is 6.82. The van der Waals surface area contributed by atoms with Gasteiger partial charge >= 0.3 is 0 Å². The van der Waals surface area contributed by atoms with Gasteiger partial charge in [0.25, 0.3) is 5.91 Å². The second kappa shape index (κ2) is 6.83. The van der Waals surface area contributed by atoms with Crippen molar-refractivity contribution in [3.8, 4) is 0 Å². The molecule has 6 heteroatoms. The number of amides is 1. The highest BCUT2D eigenvalue weighted by Gasteiger charge is 2.21. The molecule has 126 valence electrons. The summed E-state index contributed by atoms with van der Waals surface area (Å²) in [7, 11) is 3.90. The molecule has 0 radical (unpaired) electrons. The summed E-state index contributed by atoms with van der Waals surface area (Å²) in [4.78, 5) is 14.6. The van der Waals surface area contributed by atoms with Gasteiger partial charge in [-0.25, -0.2) is 0 Å². The van der Waals surface area contributed by atoms with Crippen molar-refractivity contribution in [3.05, 3.63) is 58.2 Å². The monoisotopic (exact) mass is 390 g/mol. The molecule has 0 aliphatic heterocycles. The Morgan fingerprint density at radius 1 is 1.33 bits per heavy atom. The van der Waals surface area contributed by atoms with Crippen LogP contribution in [0.25, 0.3) is 11.0 Å². The first kappa shape index (κ1) is 16.8. The van der Waals surface area contributed by atoms with Crippen molar-refractivity contribution in [1.82, 2.24) is 10.2 Å². The summed E-state index contributed by atoms with van der Waals surface area (Å²) < 4.78 is 12.1. The van der Waals surface area contributed by atoms with E-state index in [9.17, 15) is 4.79 Å². The zero-order chi connectivity index (χ0) is 17.3. The summed E-state index contributed by atoms with van der Waals surface area (Å²) in [5, 5.41) is 3.87. The lowest BCUT2D eigenvalue weighted by molar-refractivity contribution is 0.0912. The molecule has 0 bridgehead atoms. The van der Waals surface area contributed by atoms with Gasteiger partial charge in [0, 0.05) is 22.0 Å². The molecule has 3 rings (SSSR count). The van der Waals surface area contributed by atoms with Crippen LogP contribution in [0.2, 0.25) is 0 Å². The highest BCUT2D eigenvalue weighted by atomic mass is 79.9. The zero-order valence-corrected chi connectivity index (χ0v) is 15.4. The minimum Gasteiger partial charge on any atom is -0.468 e. The average Bonchev–Trinajstić information content (AvgIpc) is 3.16. The molecule has 24 heavy (non-hydrogen) atoms. The van der Waals surface area contributed by atoms with Crippen LogP contribution in [0.5, 0.6) is 0 Å². The lowest BCUT2D eigenvalue weighted by atomic mass is 10.1. The highest BCUT2D eigenvalue weighted by molar-refractivity contribution is 9.10. The lowest BCUT2D eigenvalue weighted by Gasteiger charge is -2.22. The molecule has 2 heterocycles. The van der Waals surface area contributed by atoms with Crippen LogP contribution in [0.1, 0.15) is 27.9 Å². The van der Waals surface area contributed by atoms with Gasteiger partial charge in [-0.05, 0) is 51.4 Å². The number of aryl methyl sites for hydroxylation is 1. The van der Waals surface area contributed by atoms with Gasteiger partial charge in [-0.3, -0.25) is 9.69 Å². The normalized spacial score (nSPS) is 12.7. The maximum atomic E-state index is 12.6. The Hall–Kier alpha value is -2.05. The molecular weight excluding hydrogens is 372 g/mol. The molecule has 0 spiro atoms. The number of carbonyl (C=O) groups excluding carboxylic acids is 1. The number of furan rings is 2. The van der Waals surface area contributed by atoms with Crippen molar-refractivity contribution in [2.45, 2.75) is 13.0 Å². The maximum Gasteiger partial charge on any atom is 0.287 e. The van der Waals surface area contributed by atoms with Gasteiger partial charge in [-0.15, -0.1) is 0 Å². The van der Waals surface area contributed by atoms with Crippen molar-refractivity contribution < 1.29 is 13.6 Å². The summed E-state index contributed by atoms with van der Waals surface area (Å²) >= 11 is 3.44. The quantitative estimate of drug-likeness (QED) is 0.711. The van der Waals surface area contributed by atoms with E-state index in [0.29, 0.717) is 17.9 Å². The van der Waals surface area contributed by atoms with Crippen LogP contribution < -0.4 is 5.32 Å². The Morgan fingerprint density at radius 2 is 2.12 bits per heavy atom. The summed E-state index contributed by atoms with van der Waals surface area (Å²) in [5.41, 5.74) is 1.54. The molecule has 1 atom stereocenters. The molecule has 1 aromatic carbocycles. The van der Waals surface area contributed by atoms with E-state index in [1.807, 2.05) is 56.3 Å². The molecule has 1 amide bonds. The third-order valence-electron chi connectivity index (χ3n) is 4.06. The van der Waals surface area contributed by atoms with Gasteiger partial charge in [-0.1, -0.05) is 15.9 Å². The standard InChI is InChI=1S/C18H19BrN2O3/c1-11-13-9-12(19)6-7-15(13)24-17(11)18(22)20-10-14(21(2)3)16-5-4-8-23-16/h4-9,14H,10H2,1-3H3,(H,20,22). The predicted molar refractivity (Wildman–Crippen MR) is 96.1 cm³/mol. The molecule has 5 nitrogen and oxygen atoms in total. The van der Waals surface area contributed by atoms with Gasteiger partial charge in [0.1, 0.15) is 11.3 Å². The zero-order valence-electron chi connectivity index (χ0n) is 13.8. The predicted octanol–water partition coefficient (Wildman–Crippen LogP) is 4.13. The van der Waals surface area contributed by atoms with E-state index in [0.717, 1.165) is 21.2 Å². The number of benzene rings is 1. The van der Waals surface area contributed by atoms with E-state index in [1.165, 1.54) is 0 Å². The Bertz CT molecular complexity index is 853. The number of hydrogen-bond acceptors (Lipinski definition) is 4. The average molecular weight is 391 g/mol. The third kappa shape index (κ3) is 3.25. The first-order valence-corrected chi connectivity index (χ1v) is 8.43. The minimum absolute atomic E-state index is 0.0391. The Labute approximate surface area is 148 Å². The Balaban J connectivity index is 1.79. The van der Waals surface area contributed by atoms with E-state index >= 15 is 0 Å². The first-order chi connectivity index (χ1) is 11.5. The van der Waals surface area contributed by atoms with Crippen molar-refractivity contribution in [2.24, 2.45) is 0 Å². The van der Waals surface area contributed by atoms with Crippen molar-refractivity contribution in [1.29, 1.82) is 0 Å². The molecule has 0 saturated heterocycles. The fourth-order valence-electron chi connectivity index (χ4n) is 2.70. The largest absolute Gasteiger partial charge is 0.468 e. The van der Waals surface area contributed by atoms with E-state index in [4.69, 9.17) is 8.83 Å². The molecule has 0 aliphatic rings. The molecule has 0 fully saturated rings. The summed E-state index contributed by atoms with van der Waals surface area (Å²) in [5.74, 6) is 0.934. The molecule has 1 N–H and O–H groups in total. The number of nitrogens with one attached hydrogen (secondary N) is 1. The number of rotatable bonds is 5. The van der Waals surface area contributed by atoms with Crippen molar-refractivity contribution >= 4 is 32.8 Å². The van der Waals surface area contributed by atoms with Crippen molar-refractivity contribution in [3.63, 3.8) is 0 Å². The number of nitrogens with zero attached hydrogens (tertiary/aromatic N) is 1. The van der Waals surface area contributed by atoms with Gasteiger partial charge in [0.2, 0.25) is 0 Å². The molecule has 3 aromatic rings. The molecule has 1 unspecified atom stereocenters. The Morgan fingerprint density at radius 3 is 2.79 bits per heavy atom. The fourth-order valence-corrected chi connectivity index (χ4v) is 3.06. The van der Waals surface area contributed by atoms with Crippen LogP contribution >= 0.6 is 15.9 Å². The lowest BCUT2D eigenvalue weighted by Crippen LogP contribution is -2.34. The minimum atomic E-state index is -0.224.